The van der Waals surface area contributed by atoms with Gasteiger partial charge in [0.1, 0.15) is 4.32 Å². The molecule has 0 amide bonds. The van der Waals surface area contributed by atoms with Crippen molar-refractivity contribution >= 4 is 66.0 Å². The molecule has 0 saturated heterocycles. The summed E-state index contributed by atoms with van der Waals surface area (Å²) in [7, 11) is 2.69. The Morgan fingerprint density at radius 3 is 1.65 bits per heavy atom. The lowest BCUT2D eigenvalue weighted by Gasteiger charge is -2.24. The van der Waals surface area contributed by atoms with Crippen LogP contribution in [0.3, 0.4) is 0 Å². The van der Waals surface area contributed by atoms with E-state index in [1.807, 2.05) is 65.6 Å². The predicted octanol–water partition coefficient (Wildman–Crippen LogP) is 4.73. The van der Waals surface area contributed by atoms with Crippen molar-refractivity contribution in [2.45, 2.75) is 0 Å². The number of nitrogens with zero attached hydrogens (tertiary/aromatic N) is 1. The van der Waals surface area contributed by atoms with Crippen molar-refractivity contribution in [3.05, 3.63) is 60.7 Å². The average molecular weight is 337 g/mol. The summed E-state index contributed by atoms with van der Waals surface area (Å²) in [5, 5.41) is 0. The molecule has 0 aliphatic carbocycles. The van der Waals surface area contributed by atoms with Crippen LogP contribution in [0, 0.1) is 0 Å². The molecule has 2 rings (SSSR count). The summed E-state index contributed by atoms with van der Waals surface area (Å²) in [4.78, 5) is 2.01. The molecule has 0 unspecified atom stereocenters. The first kappa shape index (κ1) is 15.3. The summed E-state index contributed by atoms with van der Waals surface area (Å²) in [6.07, 6.45) is 0. The molecule has 0 radical (unpaired) electrons. The highest BCUT2D eigenvalue weighted by Gasteiger charge is 2.15. The van der Waals surface area contributed by atoms with E-state index in [2.05, 4.69) is 0 Å². The topological polar surface area (TPSA) is 29.3 Å². The van der Waals surface area contributed by atoms with Crippen LogP contribution >= 0.6 is 46.0 Å². The number of benzene rings is 2. The third kappa shape index (κ3) is 4.21. The molecule has 0 saturated carbocycles. The quantitative estimate of drug-likeness (QED) is 0.629. The van der Waals surface area contributed by atoms with Gasteiger partial charge in [-0.05, 0) is 45.9 Å². The maximum atomic E-state index is 5.51. The van der Waals surface area contributed by atoms with Gasteiger partial charge in [0.15, 0.2) is 4.32 Å². The van der Waals surface area contributed by atoms with Crippen LogP contribution in [0.4, 0.5) is 11.4 Å². The smallest absolute Gasteiger partial charge is 0.156 e. The van der Waals surface area contributed by atoms with E-state index in [1.165, 1.54) is 21.6 Å². The first-order chi connectivity index (χ1) is 9.68. The molecule has 0 heterocycles. The first-order valence-corrected chi connectivity index (χ1v) is 8.73. The van der Waals surface area contributed by atoms with Gasteiger partial charge in [-0.2, -0.15) is 0 Å². The number of nitrogens with two attached hydrogens (primary N) is 1. The van der Waals surface area contributed by atoms with Gasteiger partial charge in [-0.25, -0.2) is 0 Å². The van der Waals surface area contributed by atoms with Crippen LogP contribution in [0.1, 0.15) is 0 Å². The molecule has 6 heteroatoms. The number of anilines is 2. The molecule has 0 aliphatic rings. The molecule has 0 bridgehead atoms. The molecule has 2 aromatic rings. The van der Waals surface area contributed by atoms with Crippen LogP contribution in [-0.2, 0) is 0 Å². The van der Waals surface area contributed by atoms with Gasteiger partial charge in [0.25, 0.3) is 0 Å². The third-order valence-corrected chi connectivity index (χ3v) is 5.56. The zero-order valence-electron chi connectivity index (χ0n) is 10.4. The summed E-state index contributed by atoms with van der Waals surface area (Å²) >= 11 is 10.4. The van der Waals surface area contributed by atoms with E-state index in [4.69, 9.17) is 30.2 Å². The fourth-order valence-electron chi connectivity index (χ4n) is 1.63. The standard InChI is InChI=1S/C14H12N2S4/c15-13(17)19-20-14(18)16(11-7-3-1-4-8-11)12-9-5-2-6-10-12/h1-10H,(H2,15,17). The van der Waals surface area contributed by atoms with Crippen molar-refractivity contribution in [1.29, 1.82) is 0 Å². The predicted molar refractivity (Wildman–Crippen MR) is 99.6 cm³/mol. The second kappa shape index (κ2) is 7.64. The lowest BCUT2D eigenvalue weighted by molar-refractivity contribution is 1.39. The zero-order chi connectivity index (χ0) is 14.4. The van der Waals surface area contributed by atoms with E-state index in [-0.39, 0.29) is 0 Å². The van der Waals surface area contributed by atoms with Crippen molar-refractivity contribution < 1.29 is 0 Å². The molecule has 0 aromatic heterocycles. The molecule has 0 spiro atoms. The largest absolute Gasteiger partial charge is 0.384 e. The molecular formula is C14H12N2S4. The molecule has 102 valence electrons. The summed E-state index contributed by atoms with van der Waals surface area (Å²) in [5.74, 6) is 0. The molecule has 2 N–H and O–H groups in total. The highest BCUT2D eigenvalue weighted by molar-refractivity contribution is 8.89. The number of thiocarbonyl (C=S) groups is 2. The van der Waals surface area contributed by atoms with Gasteiger partial charge in [0.2, 0.25) is 0 Å². The Bertz CT molecular complexity index is 547. The van der Waals surface area contributed by atoms with Gasteiger partial charge in [-0.1, -0.05) is 60.8 Å². The van der Waals surface area contributed by atoms with Gasteiger partial charge < -0.3 is 5.73 Å². The van der Waals surface area contributed by atoms with Crippen LogP contribution in [-0.4, -0.2) is 8.64 Å². The van der Waals surface area contributed by atoms with E-state index < -0.39 is 0 Å². The molecule has 2 aromatic carbocycles. The third-order valence-electron chi connectivity index (χ3n) is 2.41. The number of rotatable bonds is 2. The molecule has 2 nitrogen and oxygen atoms in total. The van der Waals surface area contributed by atoms with Crippen molar-refractivity contribution in [1.82, 2.24) is 0 Å². The van der Waals surface area contributed by atoms with Crippen molar-refractivity contribution in [3.8, 4) is 0 Å². The maximum absolute atomic E-state index is 5.51. The minimum Gasteiger partial charge on any atom is -0.384 e. The summed E-state index contributed by atoms with van der Waals surface area (Å²) < 4.78 is 1.07. The Hall–Kier alpha value is -1.08. The van der Waals surface area contributed by atoms with E-state index in [1.54, 1.807) is 0 Å². The average Bonchev–Trinajstić information content (AvgIpc) is 2.48. The lowest BCUT2D eigenvalue weighted by Crippen LogP contribution is -2.21. The van der Waals surface area contributed by atoms with Gasteiger partial charge in [0.05, 0.1) is 0 Å². The minimum atomic E-state index is 0.374. The van der Waals surface area contributed by atoms with E-state index >= 15 is 0 Å². The molecule has 0 aliphatic heterocycles. The Morgan fingerprint density at radius 2 is 1.25 bits per heavy atom. The minimum absolute atomic E-state index is 0.374. The normalized spacial score (nSPS) is 10.0. The van der Waals surface area contributed by atoms with Crippen LogP contribution in [0.5, 0.6) is 0 Å². The second-order valence-electron chi connectivity index (χ2n) is 3.76. The van der Waals surface area contributed by atoms with Crippen LogP contribution in [0.25, 0.3) is 0 Å². The Kier molecular flexibility index (Phi) is 5.85. The number of hydrogen-bond acceptors (Lipinski definition) is 4. The first-order valence-electron chi connectivity index (χ1n) is 5.76. The van der Waals surface area contributed by atoms with Crippen molar-refractivity contribution in [3.63, 3.8) is 0 Å². The lowest BCUT2D eigenvalue weighted by atomic mass is 10.2. The summed E-state index contributed by atoms with van der Waals surface area (Å²) in [5.41, 5.74) is 7.54. The summed E-state index contributed by atoms with van der Waals surface area (Å²) in [6.45, 7) is 0. The highest BCUT2D eigenvalue weighted by Crippen LogP contribution is 2.33. The van der Waals surface area contributed by atoms with Crippen LogP contribution in [0.2, 0.25) is 0 Å². The van der Waals surface area contributed by atoms with Crippen molar-refractivity contribution in [2.75, 3.05) is 4.90 Å². The van der Waals surface area contributed by atoms with E-state index in [0.717, 1.165) is 11.4 Å². The Labute approximate surface area is 137 Å². The van der Waals surface area contributed by atoms with E-state index in [9.17, 15) is 0 Å². The molecule has 20 heavy (non-hydrogen) atoms. The van der Waals surface area contributed by atoms with Gasteiger partial charge in [-0.3, -0.25) is 4.90 Å². The number of para-hydroxylation sites is 2. The van der Waals surface area contributed by atoms with Crippen LogP contribution in [0.15, 0.2) is 60.7 Å². The Balaban J connectivity index is 2.30. The van der Waals surface area contributed by atoms with Crippen molar-refractivity contribution in [2.24, 2.45) is 5.73 Å². The molecule has 0 fully saturated rings. The monoisotopic (exact) mass is 336 g/mol. The van der Waals surface area contributed by atoms with Gasteiger partial charge >= 0.3 is 0 Å². The zero-order valence-corrected chi connectivity index (χ0v) is 13.7. The van der Waals surface area contributed by atoms with Gasteiger partial charge in [-0.15, -0.1) is 0 Å². The molecule has 0 atom stereocenters. The fourth-order valence-corrected chi connectivity index (χ4v) is 3.57. The Morgan fingerprint density at radius 1 is 0.800 bits per heavy atom. The fraction of sp³-hybridized carbons (Fsp3) is 0. The SMILES string of the molecule is NC(=S)SSC(=S)N(c1ccccc1)c1ccccc1. The van der Waals surface area contributed by atoms with E-state index in [0.29, 0.717) is 8.64 Å². The second-order valence-corrected chi connectivity index (χ2v) is 7.26. The molecular weight excluding hydrogens is 324 g/mol. The summed E-state index contributed by atoms with van der Waals surface area (Å²) in [6, 6.07) is 20.0. The van der Waals surface area contributed by atoms with Gasteiger partial charge in [0, 0.05) is 11.4 Å². The maximum Gasteiger partial charge on any atom is 0.156 e. The number of hydrogen-bond donors (Lipinski definition) is 1. The highest BCUT2D eigenvalue weighted by atomic mass is 33.1. The van der Waals surface area contributed by atoms with Crippen LogP contribution < -0.4 is 10.6 Å².